The Morgan fingerprint density at radius 1 is 1.38 bits per heavy atom. The van der Waals surface area contributed by atoms with E-state index in [4.69, 9.17) is 0 Å². The van der Waals surface area contributed by atoms with Crippen LogP contribution in [0.2, 0.25) is 0 Å². The first-order valence-electron chi connectivity index (χ1n) is 4.62. The van der Waals surface area contributed by atoms with E-state index in [0.29, 0.717) is 10.4 Å². The Morgan fingerprint density at radius 2 is 2.08 bits per heavy atom. The molecule has 1 aliphatic carbocycles. The van der Waals surface area contributed by atoms with E-state index in [1.165, 1.54) is 0 Å². The van der Waals surface area contributed by atoms with Crippen LogP contribution < -0.4 is 5.56 Å². The Hall–Kier alpha value is -1.25. The molecule has 0 radical (unpaired) electrons. The van der Waals surface area contributed by atoms with Gasteiger partial charge in [-0.2, -0.15) is 0 Å². The topological polar surface area (TPSA) is 45.1 Å². The Morgan fingerprint density at radius 3 is 2.85 bits per heavy atom. The van der Waals surface area contributed by atoms with E-state index in [1.54, 1.807) is 6.92 Å². The van der Waals surface area contributed by atoms with E-state index < -0.39 is 0 Å². The van der Waals surface area contributed by atoms with E-state index in [9.17, 15) is 10.0 Å². The molecule has 0 saturated heterocycles. The van der Waals surface area contributed by atoms with E-state index in [2.05, 4.69) is 0 Å². The van der Waals surface area contributed by atoms with Gasteiger partial charge in [0.25, 0.3) is 0 Å². The van der Waals surface area contributed by atoms with E-state index in [-0.39, 0.29) is 5.56 Å². The van der Waals surface area contributed by atoms with Crippen LogP contribution in [-0.2, 0) is 12.8 Å². The van der Waals surface area contributed by atoms with E-state index in [0.717, 1.165) is 36.8 Å². The number of nitrogens with zero attached hydrogens (tertiary/aromatic N) is 1. The molecule has 3 nitrogen and oxygen atoms in total. The minimum atomic E-state index is -0.338. The molecule has 1 aromatic rings. The van der Waals surface area contributed by atoms with Crippen LogP contribution in [0.15, 0.2) is 10.9 Å². The summed E-state index contributed by atoms with van der Waals surface area (Å²) in [7, 11) is 0. The monoisotopic (exact) mass is 178 g/mol. The van der Waals surface area contributed by atoms with Gasteiger partial charge >= 0.3 is 0 Å². The highest BCUT2D eigenvalue weighted by Crippen LogP contribution is 2.18. The van der Waals surface area contributed by atoms with Crippen LogP contribution in [0, 0.1) is 12.1 Å². The van der Waals surface area contributed by atoms with Crippen molar-refractivity contribution in [1.29, 1.82) is 0 Å². The highest BCUT2D eigenvalue weighted by atomic mass is 16.5. The third-order valence-corrected chi connectivity index (χ3v) is 2.66. The smallest absolute Gasteiger partial charge is 0.249 e. The predicted octanol–water partition coefficient (Wildman–Crippen LogP) is 1.38. The highest BCUT2D eigenvalue weighted by Gasteiger charge is 2.13. The molecule has 0 spiro atoms. The van der Waals surface area contributed by atoms with Crippen LogP contribution in [0.5, 0.6) is 0 Å². The third kappa shape index (κ3) is 1.24. The molecule has 2 rings (SSSR count). The molecule has 0 saturated carbocycles. The summed E-state index contributed by atoms with van der Waals surface area (Å²) in [5, 5.41) is 11.2. The molecule has 0 N–H and O–H groups in total. The Balaban J connectivity index is 2.68. The Labute approximate surface area is 76.6 Å². The highest BCUT2D eigenvalue weighted by molar-refractivity contribution is 5.29. The molecule has 13 heavy (non-hydrogen) atoms. The first kappa shape index (κ1) is 8.35. The number of hydrogen-bond donors (Lipinski definition) is 0. The average molecular weight is 178 g/mol. The van der Waals surface area contributed by atoms with Crippen LogP contribution in [0.1, 0.15) is 29.7 Å². The summed E-state index contributed by atoms with van der Waals surface area (Å²) >= 11 is 0. The largest absolute Gasteiger partial charge is 0.803 e. The molecule has 0 amide bonds. The second-order valence-electron chi connectivity index (χ2n) is 3.60. The lowest BCUT2D eigenvalue weighted by atomic mass is 9.93. The average Bonchev–Trinajstić information content (AvgIpc) is 2.15. The van der Waals surface area contributed by atoms with Gasteiger partial charge in [0.15, 0.2) is 0 Å². The summed E-state index contributed by atoms with van der Waals surface area (Å²) < 4.78 is 0.504. The first-order valence-corrected chi connectivity index (χ1v) is 4.62. The van der Waals surface area contributed by atoms with Gasteiger partial charge in [-0.05, 0) is 44.2 Å². The fraction of sp³-hybridized carbons (Fsp3) is 0.500. The molecule has 0 aromatic carbocycles. The van der Waals surface area contributed by atoms with Gasteiger partial charge in [-0.25, -0.2) is 0 Å². The molecule has 0 aliphatic heterocycles. The normalized spacial score (nSPS) is 15.5. The summed E-state index contributed by atoms with van der Waals surface area (Å²) in [6.07, 6.45) is 3.89. The maximum atomic E-state index is 11.5. The molecule has 3 heteroatoms. The summed E-state index contributed by atoms with van der Waals surface area (Å²) in [6, 6.07) is 1.85. The van der Waals surface area contributed by atoms with Crippen LogP contribution in [-0.4, -0.2) is 4.73 Å². The molecule has 0 bridgehead atoms. The van der Waals surface area contributed by atoms with Gasteiger partial charge in [0.1, 0.15) is 0 Å². The molecule has 1 aliphatic rings. The molecular formula is C10H12NO2-. The van der Waals surface area contributed by atoms with Crippen molar-refractivity contribution in [1.82, 2.24) is 4.73 Å². The van der Waals surface area contributed by atoms with Crippen molar-refractivity contribution in [3.63, 3.8) is 0 Å². The standard InChI is InChI=1S/C10H12NO2/c1-7-6-8-4-2-3-5-9(8)10(12)11(7)13/h6H,2-5H2,1H3/q-1. The molecule has 1 heterocycles. The fourth-order valence-corrected chi connectivity index (χ4v) is 1.93. The Bertz CT molecular complexity index is 393. The van der Waals surface area contributed by atoms with Crippen molar-refractivity contribution < 1.29 is 0 Å². The van der Waals surface area contributed by atoms with Gasteiger partial charge < -0.3 is 9.94 Å². The Kier molecular flexibility index (Phi) is 1.87. The summed E-state index contributed by atoms with van der Waals surface area (Å²) in [6.45, 7) is 1.68. The molecule has 0 unspecified atom stereocenters. The minimum Gasteiger partial charge on any atom is -0.803 e. The maximum absolute atomic E-state index is 11.5. The zero-order chi connectivity index (χ0) is 9.42. The van der Waals surface area contributed by atoms with Gasteiger partial charge in [0, 0.05) is 11.3 Å². The number of aryl methyl sites for hydroxylation is 2. The van der Waals surface area contributed by atoms with Gasteiger partial charge in [-0.15, -0.1) is 0 Å². The molecule has 70 valence electrons. The van der Waals surface area contributed by atoms with E-state index >= 15 is 0 Å². The predicted molar refractivity (Wildman–Crippen MR) is 50.8 cm³/mol. The zero-order valence-corrected chi connectivity index (χ0v) is 7.67. The van der Waals surface area contributed by atoms with Gasteiger partial charge in [-0.1, -0.05) is 0 Å². The van der Waals surface area contributed by atoms with Crippen molar-refractivity contribution in [3.05, 3.63) is 38.4 Å². The summed E-state index contributed by atoms with van der Waals surface area (Å²) in [5.41, 5.74) is 2.01. The number of hydrogen-bond acceptors (Lipinski definition) is 2. The summed E-state index contributed by atoms with van der Waals surface area (Å²) in [4.78, 5) is 11.5. The molecule has 1 aromatic heterocycles. The van der Waals surface area contributed by atoms with Gasteiger partial charge in [0.05, 0.1) is 0 Å². The lowest BCUT2D eigenvalue weighted by molar-refractivity contribution is 0.667. The minimum absolute atomic E-state index is 0.338. The number of aromatic nitrogens is 1. The third-order valence-electron chi connectivity index (χ3n) is 2.66. The quantitative estimate of drug-likeness (QED) is 0.602. The van der Waals surface area contributed by atoms with Crippen molar-refractivity contribution in [2.45, 2.75) is 32.6 Å². The van der Waals surface area contributed by atoms with Crippen molar-refractivity contribution in [3.8, 4) is 0 Å². The lowest BCUT2D eigenvalue weighted by Gasteiger charge is -2.21. The van der Waals surface area contributed by atoms with E-state index in [1.807, 2.05) is 6.07 Å². The van der Waals surface area contributed by atoms with Crippen molar-refractivity contribution >= 4 is 0 Å². The number of fused-ring (bicyclic) bond motifs is 1. The second kappa shape index (κ2) is 2.91. The summed E-state index contributed by atoms with van der Waals surface area (Å²) in [5.74, 6) is 0. The van der Waals surface area contributed by atoms with Gasteiger partial charge in [-0.3, -0.25) is 4.79 Å². The maximum Gasteiger partial charge on any atom is 0.249 e. The van der Waals surface area contributed by atoms with Crippen LogP contribution >= 0.6 is 0 Å². The van der Waals surface area contributed by atoms with Crippen LogP contribution in [0.3, 0.4) is 0 Å². The lowest BCUT2D eigenvalue weighted by Crippen LogP contribution is -2.25. The first-order chi connectivity index (χ1) is 6.20. The van der Waals surface area contributed by atoms with Crippen LogP contribution in [0.25, 0.3) is 0 Å². The van der Waals surface area contributed by atoms with Gasteiger partial charge in [0.2, 0.25) is 5.56 Å². The van der Waals surface area contributed by atoms with Crippen molar-refractivity contribution in [2.75, 3.05) is 0 Å². The molecular weight excluding hydrogens is 166 g/mol. The fourth-order valence-electron chi connectivity index (χ4n) is 1.93. The number of pyridine rings is 1. The molecule has 0 fully saturated rings. The van der Waals surface area contributed by atoms with Crippen LogP contribution in [0.4, 0.5) is 0 Å². The zero-order valence-electron chi connectivity index (χ0n) is 7.67. The molecule has 0 atom stereocenters. The van der Waals surface area contributed by atoms with Crippen molar-refractivity contribution in [2.24, 2.45) is 0 Å². The number of rotatable bonds is 0. The SMILES string of the molecule is Cc1cc2c(c(=O)n1[O-])CCCC2. The second-order valence-corrected chi connectivity index (χ2v) is 3.60.